The maximum Gasteiger partial charge on any atom is 0.260 e. The second-order valence-corrected chi connectivity index (χ2v) is 10.4. The predicted octanol–water partition coefficient (Wildman–Crippen LogP) is 3.16. The summed E-state index contributed by atoms with van der Waals surface area (Å²) < 4.78 is 6.51. The predicted molar refractivity (Wildman–Crippen MR) is 99.4 cm³/mol. The molecule has 0 aliphatic heterocycles. The van der Waals surface area contributed by atoms with Gasteiger partial charge in [-0.3, -0.25) is 0 Å². The van der Waals surface area contributed by atoms with Crippen molar-refractivity contribution in [3.8, 4) is 0 Å². The summed E-state index contributed by atoms with van der Waals surface area (Å²) in [6.07, 6.45) is 0. The highest BCUT2D eigenvalue weighted by Crippen LogP contribution is 2.36. The van der Waals surface area contributed by atoms with E-state index in [2.05, 4.69) is 94.1 Å². The third kappa shape index (κ3) is 3.66. The molecule has 0 spiro atoms. The lowest BCUT2D eigenvalue weighted by Gasteiger charge is -2.42. The third-order valence-electron chi connectivity index (χ3n) is 3.78. The molecular formula is C19H29NOSi. The topological polar surface area (TPSA) is 35.2 Å². The van der Waals surface area contributed by atoms with Gasteiger partial charge >= 0.3 is 0 Å². The van der Waals surface area contributed by atoms with E-state index in [-0.39, 0.29) is 5.04 Å². The van der Waals surface area contributed by atoms with E-state index in [0.29, 0.717) is 0 Å². The highest BCUT2D eigenvalue weighted by molar-refractivity contribution is 6.99. The molecule has 0 radical (unpaired) electrons. The Labute approximate surface area is 136 Å². The first-order valence-electron chi connectivity index (χ1n) is 7.85. The molecule has 0 fully saturated rings. The Morgan fingerprint density at radius 2 is 1.18 bits per heavy atom. The molecule has 0 bridgehead atoms. The first-order chi connectivity index (χ1) is 10.5. The summed E-state index contributed by atoms with van der Waals surface area (Å²) in [4.78, 5) is 0. The van der Waals surface area contributed by atoms with Crippen LogP contribution in [0.5, 0.6) is 0 Å². The molecule has 120 valence electrons. The summed E-state index contributed by atoms with van der Waals surface area (Å²) in [5, 5.41) is 2.78. The maximum absolute atomic E-state index is 6.51. The number of hydrogen-bond acceptors (Lipinski definition) is 2. The van der Waals surface area contributed by atoms with Crippen molar-refractivity contribution in [3.63, 3.8) is 0 Å². The van der Waals surface area contributed by atoms with Gasteiger partial charge in [0.2, 0.25) is 0 Å². The van der Waals surface area contributed by atoms with E-state index in [4.69, 9.17) is 4.43 Å². The molecule has 22 heavy (non-hydrogen) atoms. The molecule has 2 aromatic rings. The van der Waals surface area contributed by atoms with Crippen molar-refractivity contribution in [1.82, 2.24) is 0 Å². The lowest BCUT2D eigenvalue weighted by Crippen LogP contribution is -2.66. The summed E-state index contributed by atoms with van der Waals surface area (Å²) >= 11 is 0. The molecular weight excluding hydrogens is 286 g/mol. The van der Waals surface area contributed by atoms with Crippen LogP contribution in [0.1, 0.15) is 27.7 Å². The van der Waals surface area contributed by atoms with Crippen molar-refractivity contribution in [2.45, 2.75) is 32.7 Å². The lowest BCUT2D eigenvalue weighted by molar-refractivity contribution is 0.318. The van der Waals surface area contributed by atoms with Gasteiger partial charge in [-0.05, 0) is 29.4 Å². The average Bonchev–Trinajstić information content (AvgIpc) is 2.55. The van der Waals surface area contributed by atoms with Gasteiger partial charge in [0.05, 0.1) is 0 Å². The Hall–Kier alpha value is -1.42. The highest BCUT2D eigenvalue weighted by Gasteiger charge is 2.49. The van der Waals surface area contributed by atoms with E-state index < -0.39 is 8.32 Å². The SMILES string of the molecule is CCO[Si](c1ccccc1)(c1ccccc1)C(C)(C)C.CN. The van der Waals surface area contributed by atoms with Crippen LogP contribution in [0.15, 0.2) is 60.7 Å². The van der Waals surface area contributed by atoms with Crippen LogP contribution in [0.2, 0.25) is 5.04 Å². The zero-order chi connectivity index (χ0) is 16.6. The Morgan fingerprint density at radius 3 is 1.45 bits per heavy atom. The minimum atomic E-state index is -2.25. The van der Waals surface area contributed by atoms with Crippen LogP contribution in [0, 0.1) is 0 Å². The summed E-state index contributed by atoms with van der Waals surface area (Å²) in [6.45, 7) is 9.74. The highest BCUT2D eigenvalue weighted by atomic mass is 28.4. The van der Waals surface area contributed by atoms with E-state index in [1.165, 1.54) is 17.4 Å². The zero-order valence-electron chi connectivity index (χ0n) is 14.5. The van der Waals surface area contributed by atoms with Crippen LogP contribution in [-0.2, 0) is 4.43 Å². The van der Waals surface area contributed by atoms with E-state index in [1.807, 2.05) is 0 Å². The quantitative estimate of drug-likeness (QED) is 0.880. The van der Waals surface area contributed by atoms with Crippen molar-refractivity contribution in [1.29, 1.82) is 0 Å². The second kappa shape index (κ2) is 8.27. The normalized spacial score (nSPS) is 11.5. The van der Waals surface area contributed by atoms with Crippen LogP contribution >= 0.6 is 0 Å². The largest absolute Gasteiger partial charge is 0.408 e. The fourth-order valence-corrected chi connectivity index (χ4v) is 7.57. The van der Waals surface area contributed by atoms with Gasteiger partial charge in [0.15, 0.2) is 0 Å². The smallest absolute Gasteiger partial charge is 0.260 e. The number of rotatable bonds is 4. The standard InChI is InChI=1S/C18H24OSi.CH5N/c1-5-19-20(18(2,3)4,16-12-8-6-9-13-16)17-14-10-7-11-15-17;1-2/h6-15H,5H2,1-4H3;2H2,1H3. The van der Waals surface area contributed by atoms with Crippen molar-refractivity contribution in [2.24, 2.45) is 5.73 Å². The van der Waals surface area contributed by atoms with Crippen molar-refractivity contribution < 1.29 is 4.43 Å². The Kier molecular flexibility index (Phi) is 7.00. The molecule has 0 aliphatic carbocycles. The minimum Gasteiger partial charge on any atom is -0.408 e. The monoisotopic (exact) mass is 315 g/mol. The van der Waals surface area contributed by atoms with Gasteiger partial charge in [-0.2, -0.15) is 0 Å². The summed E-state index contributed by atoms with van der Waals surface area (Å²) in [6, 6.07) is 21.5. The number of benzene rings is 2. The van der Waals surface area contributed by atoms with Gasteiger partial charge in [0.1, 0.15) is 0 Å². The Bertz CT molecular complexity index is 495. The van der Waals surface area contributed by atoms with Gasteiger partial charge in [-0.15, -0.1) is 0 Å². The number of hydrogen-bond donors (Lipinski definition) is 1. The first-order valence-corrected chi connectivity index (χ1v) is 9.76. The van der Waals surface area contributed by atoms with Crippen LogP contribution < -0.4 is 16.1 Å². The molecule has 0 atom stereocenters. The molecule has 2 N–H and O–H groups in total. The molecule has 2 aromatic carbocycles. The fourth-order valence-electron chi connectivity index (χ4n) is 2.98. The van der Waals surface area contributed by atoms with Gasteiger partial charge in [0.25, 0.3) is 8.32 Å². The zero-order valence-corrected chi connectivity index (χ0v) is 15.5. The van der Waals surface area contributed by atoms with Gasteiger partial charge in [-0.1, -0.05) is 81.4 Å². The van der Waals surface area contributed by atoms with Crippen LogP contribution in [-0.4, -0.2) is 22.0 Å². The average molecular weight is 316 g/mol. The van der Waals surface area contributed by atoms with Crippen LogP contribution in [0.3, 0.4) is 0 Å². The van der Waals surface area contributed by atoms with E-state index in [1.54, 1.807) is 0 Å². The molecule has 2 rings (SSSR count). The lowest BCUT2D eigenvalue weighted by atomic mass is 10.2. The molecule has 0 aromatic heterocycles. The minimum absolute atomic E-state index is 0.0890. The molecule has 3 heteroatoms. The molecule has 0 saturated heterocycles. The summed E-state index contributed by atoms with van der Waals surface area (Å²) in [5.41, 5.74) is 4.50. The Balaban J connectivity index is 0.00000116. The van der Waals surface area contributed by atoms with E-state index in [0.717, 1.165) is 6.61 Å². The third-order valence-corrected chi connectivity index (χ3v) is 8.90. The molecule has 0 saturated carbocycles. The van der Waals surface area contributed by atoms with Gasteiger partial charge in [0, 0.05) is 6.61 Å². The number of nitrogens with two attached hydrogens (primary N) is 1. The molecule has 0 heterocycles. The van der Waals surface area contributed by atoms with Gasteiger partial charge < -0.3 is 10.2 Å². The first kappa shape index (κ1) is 18.6. The van der Waals surface area contributed by atoms with Crippen LogP contribution in [0.4, 0.5) is 0 Å². The molecule has 2 nitrogen and oxygen atoms in total. The van der Waals surface area contributed by atoms with Crippen LogP contribution in [0.25, 0.3) is 0 Å². The second-order valence-electron chi connectivity index (χ2n) is 6.10. The van der Waals surface area contributed by atoms with Crippen molar-refractivity contribution in [3.05, 3.63) is 60.7 Å². The van der Waals surface area contributed by atoms with E-state index in [9.17, 15) is 0 Å². The van der Waals surface area contributed by atoms with Gasteiger partial charge in [-0.25, -0.2) is 0 Å². The Morgan fingerprint density at radius 1 is 0.818 bits per heavy atom. The summed E-state index contributed by atoms with van der Waals surface area (Å²) in [5.74, 6) is 0. The molecule has 0 amide bonds. The fraction of sp³-hybridized carbons (Fsp3) is 0.368. The van der Waals surface area contributed by atoms with E-state index >= 15 is 0 Å². The summed E-state index contributed by atoms with van der Waals surface area (Å²) in [7, 11) is -0.749. The maximum atomic E-state index is 6.51. The van der Waals surface area contributed by atoms with Crippen molar-refractivity contribution >= 4 is 18.7 Å². The molecule has 0 unspecified atom stereocenters. The molecule has 0 aliphatic rings. The van der Waals surface area contributed by atoms with Crippen molar-refractivity contribution in [2.75, 3.05) is 13.7 Å².